The molecule has 0 saturated heterocycles. The molecule has 11 aromatic rings. The predicted molar refractivity (Wildman–Crippen MR) is 218 cm³/mol. The SMILES string of the molecule is c1ccc(-c2nc(-c3cccc4sc5cc(-c6nc7ccccc7n6-c6ccccc6)ccc5c34)nc(-n3c4ccccc4c4ccccc43)n2)cc1. The number of fused-ring (bicyclic) bond motifs is 7. The average molecular weight is 697 g/mol. The topological polar surface area (TPSA) is 61.4 Å². The molecular formula is C46H28N6S. The summed E-state index contributed by atoms with van der Waals surface area (Å²) in [5.74, 6) is 2.77. The summed E-state index contributed by atoms with van der Waals surface area (Å²) in [5, 5.41) is 4.61. The first kappa shape index (κ1) is 29.7. The van der Waals surface area contributed by atoms with Crippen LogP contribution in [0.4, 0.5) is 0 Å². The van der Waals surface area contributed by atoms with Gasteiger partial charge in [0, 0.05) is 53.3 Å². The minimum absolute atomic E-state index is 0.588. The fourth-order valence-corrected chi connectivity index (χ4v) is 8.82. The fraction of sp³-hybridized carbons (Fsp3) is 0. The molecule has 11 rings (SSSR count). The van der Waals surface area contributed by atoms with Crippen LogP contribution in [0.1, 0.15) is 0 Å². The summed E-state index contributed by atoms with van der Waals surface area (Å²) >= 11 is 1.78. The van der Waals surface area contributed by atoms with Gasteiger partial charge in [-0.05, 0) is 48.5 Å². The lowest BCUT2D eigenvalue weighted by Crippen LogP contribution is -2.06. The largest absolute Gasteiger partial charge is 0.292 e. The molecule has 6 nitrogen and oxygen atoms in total. The lowest BCUT2D eigenvalue weighted by molar-refractivity contribution is 0.954. The molecule has 4 aromatic heterocycles. The summed E-state index contributed by atoms with van der Waals surface area (Å²) in [6.45, 7) is 0. The van der Waals surface area contributed by atoms with Gasteiger partial charge in [-0.25, -0.2) is 9.97 Å². The zero-order valence-corrected chi connectivity index (χ0v) is 29.1. The van der Waals surface area contributed by atoms with E-state index in [1.807, 2.05) is 30.3 Å². The Kier molecular flexibility index (Phi) is 6.62. The van der Waals surface area contributed by atoms with E-state index in [1.165, 1.54) is 9.40 Å². The Balaban J connectivity index is 1.13. The van der Waals surface area contributed by atoms with E-state index in [0.29, 0.717) is 17.6 Å². The molecule has 0 atom stereocenters. The third-order valence-corrected chi connectivity index (χ3v) is 11.1. The summed E-state index contributed by atoms with van der Waals surface area (Å²) in [7, 11) is 0. The molecule has 0 aliphatic heterocycles. The summed E-state index contributed by atoms with van der Waals surface area (Å²) in [6, 6.07) is 59.0. The number of hydrogen-bond acceptors (Lipinski definition) is 5. The van der Waals surface area contributed by atoms with Crippen LogP contribution in [0, 0.1) is 0 Å². The van der Waals surface area contributed by atoms with Gasteiger partial charge >= 0.3 is 0 Å². The van der Waals surface area contributed by atoms with Crippen LogP contribution in [-0.2, 0) is 0 Å². The van der Waals surface area contributed by atoms with Crippen LogP contribution in [0.2, 0.25) is 0 Å². The zero-order chi connectivity index (χ0) is 34.9. The Morgan fingerprint density at radius 3 is 1.85 bits per heavy atom. The molecule has 7 aromatic carbocycles. The highest BCUT2D eigenvalue weighted by atomic mass is 32.1. The number of hydrogen-bond donors (Lipinski definition) is 0. The van der Waals surface area contributed by atoms with Crippen LogP contribution in [0.5, 0.6) is 0 Å². The van der Waals surface area contributed by atoms with Crippen molar-refractivity contribution in [2.24, 2.45) is 0 Å². The summed E-state index contributed by atoms with van der Waals surface area (Å²) in [6.07, 6.45) is 0. The van der Waals surface area contributed by atoms with Crippen molar-refractivity contribution in [3.63, 3.8) is 0 Å². The second kappa shape index (κ2) is 11.8. The third kappa shape index (κ3) is 4.71. The molecular weight excluding hydrogens is 669 g/mol. The van der Waals surface area contributed by atoms with E-state index >= 15 is 0 Å². The Morgan fingerprint density at radius 1 is 0.415 bits per heavy atom. The Labute approximate surface area is 307 Å². The second-order valence-electron chi connectivity index (χ2n) is 13.1. The molecule has 4 heterocycles. The molecule has 0 spiro atoms. The van der Waals surface area contributed by atoms with E-state index in [9.17, 15) is 0 Å². The normalized spacial score (nSPS) is 11.8. The molecule has 0 radical (unpaired) electrons. The smallest absolute Gasteiger partial charge is 0.238 e. The highest BCUT2D eigenvalue weighted by molar-refractivity contribution is 7.26. The molecule has 0 unspecified atom stereocenters. The van der Waals surface area contributed by atoms with Crippen molar-refractivity contribution >= 4 is 64.3 Å². The molecule has 0 bridgehead atoms. The van der Waals surface area contributed by atoms with Crippen LogP contribution < -0.4 is 0 Å². The number of thiophene rings is 1. The van der Waals surface area contributed by atoms with Crippen LogP contribution in [-0.4, -0.2) is 29.1 Å². The minimum atomic E-state index is 0.588. The Morgan fingerprint density at radius 2 is 1.08 bits per heavy atom. The van der Waals surface area contributed by atoms with Gasteiger partial charge in [0.2, 0.25) is 5.95 Å². The Bertz CT molecular complexity index is 3120. The average Bonchev–Trinajstić information content (AvgIpc) is 3.91. The number of rotatable bonds is 5. The first-order chi connectivity index (χ1) is 26.3. The third-order valence-electron chi connectivity index (χ3n) is 10.0. The maximum Gasteiger partial charge on any atom is 0.238 e. The van der Waals surface area contributed by atoms with E-state index in [1.54, 1.807) is 11.3 Å². The molecule has 0 saturated carbocycles. The Hall–Kier alpha value is -6.96. The molecule has 0 aliphatic rings. The first-order valence-electron chi connectivity index (χ1n) is 17.6. The lowest BCUT2D eigenvalue weighted by Gasteiger charge is -2.12. The molecule has 0 N–H and O–H groups in total. The van der Waals surface area contributed by atoms with Gasteiger partial charge in [-0.3, -0.25) is 9.13 Å². The lowest BCUT2D eigenvalue weighted by atomic mass is 10.0. The second-order valence-corrected chi connectivity index (χ2v) is 14.2. The van der Waals surface area contributed by atoms with E-state index in [2.05, 4.69) is 149 Å². The van der Waals surface area contributed by atoms with Crippen molar-refractivity contribution in [1.82, 2.24) is 29.1 Å². The van der Waals surface area contributed by atoms with Crippen LogP contribution in [0.15, 0.2) is 170 Å². The van der Waals surface area contributed by atoms with Gasteiger partial charge < -0.3 is 0 Å². The van der Waals surface area contributed by atoms with Crippen molar-refractivity contribution in [2.45, 2.75) is 0 Å². The monoisotopic (exact) mass is 696 g/mol. The maximum absolute atomic E-state index is 5.28. The quantitative estimate of drug-likeness (QED) is 0.180. The summed E-state index contributed by atoms with van der Waals surface area (Å²) in [4.78, 5) is 20.7. The number of nitrogens with zero attached hydrogens (tertiary/aromatic N) is 6. The first-order valence-corrected chi connectivity index (χ1v) is 18.4. The van der Waals surface area contributed by atoms with Crippen molar-refractivity contribution in [3.05, 3.63) is 170 Å². The van der Waals surface area contributed by atoms with Gasteiger partial charge in [-0.1, -0.05) is 121 Å². The van der Waals surface area contributed by atoms with E-state index < -0.39 is 0 Å². The molecule has 248 valence electrons. The molecule has 0 aliphatic carbocycles. The number of benzene rings is 7. The van der Waals surface area contributed by atoms with Crippen molar-refractivity contribution in [1.29, 1.82) is 0 Å². The van der Waals surface area contributed by atoms with Gasteiger partial charge in [0.1, 0.15) is 5.82 Å². The van der Waals surface area contributed by atoms with Crippen LogP contribution in [0.3, 0.4) is 0 Å². The summed E-state index contributed by atoms with van der Waals surface area (Å²) in [5.41, 5.74) is 8.20. The van der Waals surface area contributed by atoms with Crippen molar-refractivity contribution in [3.8, 4) is 45.8 Å². The summed E-state index contributed by atoms with van der Waals surface area (Å²) < 4.78 is 6.77. The van der Waals surface area contributed by atoms with Gasteiger partial charge in [0.25, 0.3) is 0 Å². The molecule has 7 heteroatoms. The van der Waals surface area contributed by atoms with Crippen LogP contribution >= 0.6 is 11.3 Å². The number of imidazole rings is 1. The maximum atomic E-state index is 5.28. The molecule has 53 heavy (non-hydrogen) atoms. The van der Waals surface area contributed by atoms with Crippen molar-refractivity contribution in [2.75, 3.05) is 0 Å². The molecule has 0 amide bonds. The van der Waals surface area contributed by atoms with Gasteiger partial charge in [-0.2, -0.15) is 9.97 Å². The van der Waals surface area contributed by atoms with Gasteiger partial charge in [-0.15, -0.1) is 11.3 Å². The predicted octanol–water partition coefficient (Wildman–Crippen LogP) is 11.7. The highest BCUT2D eigenvalue weighted by Crippen LogP contribution is 2.42. The number of aromatic nitrogens is 6. The van der Waals surface area contributed by atoms with E-state index in [0.717, 1.165) is 71.8 Å². The standard InChI is InChI=1S/C46H28N6S/c1-3-14-29(15-4-1)43-48-44(50-46(49-43)52-37-22-10-7-18-32(37)33-19-8-11-23-38(33)52)35-20-13-25-40-42(35)34-27-26-30(28-41(34)53-40)45-47-36-21-9-12-24-39(36)51(45)31-16-5-2-6-17-31/h1-28H. The zero-order valence-electron chi connectivity index (χ0n) is 28.3. The molecule has 0 fully saturated rings. The van der Waals surface area contributed by atoms with Crippen LogP contribution in [0.25, 0.3) is 98.8 Å². The fourth-order valence-electron chi connectivity index (χ4n) is 7.65. The van der Waals surface area contributed by atoms with Gasteiger partial charge in [0.05, 0.1) is 22.1 Å². The van der Waals surface area contributed by atoms with E-state index in [4.69, 9.17) is 19.9 Å². The van der Waals surface area contributed by atoms with E-state index in [-0.39, 0.29) is 0 Å². The number of para-hydroxylation sites is 5. The minimum Gasteiger partial charge on any atom is -0.292 e. The highest BCUT2D eigenvalue weighted by Gasteiger charge is 2.21. The van der Waals surface area contributed by atoms with Gasteiger partial charge in [0.15, 0.2) is 11.6 Å². The van der Waals surface area contributed by atoms with Crippen molar-refractivity contribution < 1.29 is 0 Å².